The van der Waals surface area contributed by atoms with Crippen LogP contribution in [-0.4, -0.2) is 43.3 Å². The minimum absolute atomic E-state index is 0.130. The van der Waals surface area contributed by atoms with Crippen molar-refractivity contribution in [1.82, 2.24) is 29.9 Å². The molecule has 0 atom stereocenters. The fraction of sp³-hybridized carbons (Fsp3) is 0.636. The van der Waals surface area contributed by atoms with Gasteiger partial charge in [-0.1, -0.05) is 50.1 Å². The number of carbonyl (C=O) groups is 1. The summed E-state index contributed by atoms with van der Waals surface area (Å²) in [5, 5.41) is 17.8. The summed E-state index contributed by atoms with van der Waals surface area (Å²) in [6, 6.07) is 0.523. The number of thioether (sulfide) groups is 1. The van der Waals surface area contributed by atoms with E-state index in [4.69, 9.17) is 11.6 Å². The topological polar surface area (TPSA) is 77.6 Å². The van der Waals surface area contributed by atoms with Crippen molar-refractivity contribution in [3.05, 3.63) is 28.3 Å². The Labute approximate surface area is 194 Å². The van der Waals surface area contributed by atoms with Crippen molar-refractivity contribution in [2.75, 3.05) is 12.8 Å². The minimum atomic E-state index is -0.130. The Kier molecular flexibility index (Phi) is 8.60. The van der Waals surface area contributed by atoms with Gasteiger partial charge in [-0.2, -0.15) is 5.10 Å². The summed E-state index contributed by atoms with van der Waals surface area (Å²) in [5.74, 6) is 1.35. The van der Waals surface area contributed by atoms with Gasteiger partial charge in [-0.15, -0.1) is 10.2 Å². The normalized spacial score (nSPS) is 14.9. The molecule has 2 aromatic rings. The molecule has 1 amide bonds. The first-order valence-corrected chi connectivity index (χ1v) is 12.7. The van der Waals surface area contributed by atoms with E-state index in [1.165, 1.54) is 31.8 Å². The van der Waals surface area contributed by atoms with Gasteiger partial charge in [-0.3, -0.25) is 9.48 Å². The van der Waals surface area contributed by atoms with Crippen LogP contribution in [0.5, 0.6) is 0 Å². The molecule has 0 unspecified atom stereocenters. The van der Waals surface area contributed by atoms with Gasteiger partial charge < -0.3 is 9.88 Å². The number of nitrogens with one attached hydrogen (secondary N) is 1. The van der Waals surface area contributed by atoms with Crippen molar-refractivity contribution in [3.63, 3.8) is 0 Å². The molecule has 31 heavy (non-hydrogen) atoms. The van der Waals surface area contributed by atoms with Gasteiger partial charge in [0.05, 0.1) is 5.69 Å². The summed E-state index contributed by atoms with van der Waals surface area (Å²) in [5.41, 5.74) is 1.62. The van der Waals surface area contributed by atoms with E-state index in [0.717, 1.165) is 41.6 Å². The molecule has 0 bridgehead atoms. The van der Waals surface area contributed by atoms with Crippen molar-refractivity contribution in [2.45, 2.75) is 77.0 Å². The zero-order valence-electron chi connectivity index (χ0n) is 18.9. The Hall–Kier alpha value is -1.80. The van der Waals surface area contributed by atoms with Crippen LogP contribution in [0.4, 0.5) is 0 Å². The van der Waals surface area contributed by atoms with Crippen molar-refractivity contribution in [3.8, 4) is 0 Å². The fourth-order valence-electron chi connectivity index (χ4n) is 4.05. The minimum Gasteiger partial charge on any atom is -0.353 e. The summed E-state index contributed by atoms with van der Waals surface area (Å²) in [4.78, 5) is 12.3. The first kappa shape index (κ1) is 23.9. The van der Waals surface area contributed by atoms with Gasteiger partial charge in [-0.05, 0) is 44.4 Å². The smallest absolute Gasteiger partial charge is 0.244 e. The third kappa shape index (κ3) is 6.13. The number of aryl methyl sites for hydroxylation is 2. The maximum atomic E-state index is 12.3. The predicted octanol–water partition coefficient (Wildman–Crippen LogP) is 4.69. The van der Waals surface area contributed by atoms with Gasteiger partial charge in [0.1, 0.15) is 11.0 Å². The lowest BCUT2D eigenvalue weighted by Gasteiger charge is -2.16. The zero-order valence-corrected chi connectivity index (χ0v) is 20.5. The van der Waals surface area contributed by atoms with Gasteiger partial charge in [0.25, 0.3) is 0 Å². The molecule has 1 N–H and O–H groups in total. The summed E-state index contributed by atoms with van der Waals surface area (Å²) in [7, 11) is 0. The number of halogens is 1. The Bertz CT molecular complexity index is 913. The molecule has 0 aliphatic heterocycles. The standard InChI is InChI=1S/C22H33ClN6OS/c1-15(2)14-28-21(23)18(16(3)27-28)11-12-20(30)24-13-7-10-19-25-26-22(31-4)29(19)17-8-5-6-9-17/h11-12,15,17H,5-10,13-14H2,1-4H3,(H,24,30)/b12-11+. The van der Waals surface area contributed by atoms with Gasteiger partial charge >= 0.3 is 0 Å². The zero-order chi connectivity index (χ0) is 22.4. The number of nitrogens with zero attached hydrogens (tertiary/aromatic N) is 5. The van der Waals surface area contributed by atoms with Crippen molar-refractivity contribution in [2.24, 2.45) is 5.92 Å². The first-order chi connectivity index (χ1) is 14.9. The van der Waals surface area contributed by atoms with E-state index in [9.17, 15) is 4.79 Å². The molecular formula is C22H33ClN6OS. The highest BCUT2D eigenvalue weighted by Gasteiger charge is 2.23. The molecule has 1 saturated carbocycles. The average Bonchev–Trinajstić information content (AvgIpc) is 3.44. The lowest BCUT2D eigenvalue weighted by atomic mass is 10.2. The Balaban J connectivity index is 1.50. The summed E-state index contributed by atoms with van der Waals surface area (Å²) in [6.07, 6.45) is 11.9. The van der Waals surface area contributed by atoms with E-state index in [2.05, 4.69) is 39.0 Å². The largest absolute Gasteiger partial charge is 0.353 e. The number of carbonyl (C=O) groups excluding carboxylic acids is 1. The summed E-state index contributed by atoms with van der Waals surface area (Å²) < 4.78 is 4.11. The maximum absolute atomic E-state index is 12.3. The molecule has 3 rings (SSSR count). The van der Waals surface area contributed by atoms with Crippen LogP contribution >= 0.6 is 23.4 Å². The fourth-order valence-corrected chi connectivity index (χ4v) is 4.93. The predicted molar refractivity (Wildman–Crippen MR) is 126 cm³/mol. The van der Waals surface area contributed by atoms with Crippen molar-refractivity contribution < 1.29 is 4.79 Å². The van der Waals surface area contributed by atoms with Crippen molar-refractivity contribution in [1.29, 1.82) is 0 Å². The molecule has 170 valence electrons. The Morgan fingerprint density at radius 1 is 1.32 bits per heavy atom. The number of rotatable bonds is 10. The SMILES string of the molecule is CSc1nnc(CCCNC(=O)/C=C/c2c(C)nn(CC(C)C)c2Cl)n1C1CCCC1. The molecule has 0 aromatic carbocycles. The second kappa shape index (κ2) is 11.2. The van der Waals surface area contributed by atoms with Gasteiger partial charge in [0.2, 0.25) is 5.91 Å². The molecule has 1 aliphatic carbocycles. The van der Waals surface area contributed by atoms with Crippen LogP contribution in [0.1, 0.15) is 69.1 Å². The van der Waals surface area contributed by atoms with Crippen LogP contribution in [0.3, 0.4) is 0 Å². The van der Waals surface area contributed by atoms with Crippen LogP contribution in [0.2, 0.25) is 5.15 Å². The maximum Gasteiger partial charge on any atom is 0.244 e. The van der Waals surface area contributed by atoms with E-state index in [0.29, 0.717) is 23.7 Å². The van der Waals surface area contributed by atoms with Crippen LogP contribution in [0.25, 0.3) is 6.08 Å². The average molecular weight is 465 g/mol. The van der Waals surface area contributed by atoms with Gasteiger partial charge in [0, 0.05) is 37.2 Å². The quantitative estimate of drug-likeness (QED) is 0.313. The molecule has 1 aliphatic rings. The van der Waals surface area contributed by atoms with E-state index >= 15 is 0 Å². The highest BCUT2D eigenvalue weighted by atomic mass is 35.5. The third-order valence-electron chi connectivity index (χ3n) is 5.53. The molecule has 1 fully saturated rings. The number of hydrogen-bond donors (Lipinski definition) is 1. The summed E-state index contributed by atoms with van der Waals surface area (Å²) >= 11 is 8.09. The number of amides is 1. The first-order valence-electron chi connectivity index (χ1n) is 11.1. The van der Waals surface area contributed by atoms with E-state index in [1.54, 1.807) is 22.5 Å². The highest BCUT2D eigenvalue weighted by molar-refractivity contribution is 7.98. The van der Waals surface area contributed by atoms with Gasteiger partial charge in [-0.25, -0.2) is 0 Å². The molecule has 2 heterocycles. The lowest BCUT2D eigenvalue weighted by Crippen LogP contribution is -2.23. The van der Waals surface area contributed by atoms with Crippen LogP contribution < -0.4 is 5.32 Å². The molecule has 7 nitrogen and oxygen atoms in total. The molecule has 2 aromatic heterocycles. The van der Waals surface area contributed by atoms with Crippen LogP contribution in [0, 0.1) is 12.8 Å². The second-order valence-electron chi connectivity index (χ2n) is 8.50. The molecule has 0 radical (unpaired) electrons. The van der Waals surface area contributed by atoms with Gasteiger partial charge in [0.15, 0.2) is 5.16 Å². The van der Waals surface area contributed by atoms with E-state index < -0.39 is 0 Å². The highest BCUT2D eigenvalue weighted by Crippen LogP contribution is 2.33. The van der Waals surface area contributed by atoms with Crippen molar-refractivity contribution >= 4 is 35.3 Å². The molecule has 9 heteroatoms. The van der Waals surface area contributed by atoms with Crippen LogP contribution in [0.15, 0.2) is 11.2 Å². The third-order valence-corrected chi connectivity index (χ3v) is 6.57. The molecule has 0 saturated heterocycles. The number of aromatic nitrogens is 5. The van der Waals surface area contributed by atoms with E-state index in [-0.39, 0.29) is 5.91 Å². The van der Waals surface area contributed by atoms with E-state index in [1.807, 2.05) is 13.2 Å². The summed E-state index contributed by atoms with van der Waals surface area (Å²) in [6.45, 7) is 7.49. The molecular weight excluding hydrogens is 432 g/mol. The Morgan fingerprint density at radius 3 is 2.74 bits per heavy atom. The Morgan fingerprint density at radius 2 is 2.06 bits per heavy atom. The number of hydrogen-bond acceptors (Lipinski definition) is 5. The molecule has 0 spiro atoms. The second-order valence-corrected chi connectivity index (χ2v) is 9.64. The lowest BCUT2D eigenvalue weighted by molar-refractivity contribution is -0.116. The monoisotopic (exact) mass is 464 g/mol. The van der Waals surface area contributed by atoms with Crippen LogP contribution in [-0.2, 0) is 17.8 Å².